The Morgan fingerprint density at radius 2 is 1.96 bits per heavy atom. The Morgan fingerprint density at radius 1 is 1.20 bits per heavy atom. The fourth-order valence-electron chi connectivity index (χ4n) is 2.85. The Balaban J connectivity index is 2.29. The molecule has 0 aliphatic heterocycles. The lowest BCUT2D eigenvalue weighted by Gasteiger charge is -2.14. The van der Waals surface area contributed by atoms with Crippen LogP contribution in [0.1, 0.15) is 21.6 Å². The normalized spacial score (nSPS) is 10.3. The number of nitrogen functional groups attached to an aromatic ring is 1. The van der Waals surface area contributed by atoms with Gasteiger partial charge in [-0.25, -0.2) is 4.79 Å². The van der Waals surface area contributed by atoms with E-state index in [1.807, 2.05) is 55.5 Å². The van der Waals surface area contributed by atoms with Gasteiger partial charge in [0.2, 0.25) is 0 Å². The number of anilines is 1. The van der Waals surface area contributed by atoms with Gasteiger partial charge in [0.15, 0.2) is 5.69 Å². The molecule has 0 aliphatic carbocycles. The summed E-state index contributed by atoms with van der Waals surface area (Å²) in [6, 6.07) is 17.7. The summed E-state index contributed by atoms with van der Waals surface area (Å²) in [6.45, 7) is 2.02. The molecule has 2 N–H and O–H groups in total. The van der Waals surface area contributed by atoms with Gasteiger partial charge in [-0.3, -0.25) is 0 Å². The van der Waals surface area contributed by atoms with Crippen molar-refractivity contribution in [3.8, 4) is 22.9 Å². The van der Waals surface area contributed by atoms with Crippen LogP contribution in [0.3, 0.4) is 0 Å². The van der Waals surface area contributed by atoms with Crippen molar-refractivity contribution in [2.45, 2.75) is 6.92 Å². The zero-order valence-electron chi connectivity index (χ0n) is 14.0. The highest BCUT2D eigenvalue weighted by molar-refractivity contribution is 5.96. The molecule has 0 fully saturated rings. The standard InChI is InChI=1S/C20H17N3O2/c1-13-6-5-7-14(10-13)16-8-3-4-9-17(16)23-12-15(11-21)18(22)19(23)20(24)25-2/h3-10,12H,22H2,1-2H3. The summed E-state index contributed by atoms with van der Waals surface area (Å²) in [7, 11) is 1.29. The molecule has 0 spiro atoms. The molecule has 0 radical (unpaired) electrons. The number of para-hydroxylation sites is 1. The Hall–Kier alpha value is -3.52. The van der Waals surface area contributed by atoms with E-state index >= 15 is 0 Å². The monoisotopic (exact) mass is 331 g/mol. The summed E-state index contributed by atoms with van der Waals surface area (Å²) >= 11 is 0. The van der Waals surface area contributed by atoms with E-state index in [4.69, 9.17) is 10.5 Å². The maximum absolute atomic E-state index is 12.2. The second kappa shape index (κ2) is 6.54. The van der Waals surface area contributed by atoms with Crippen molar-refractivity contribution >= 4 is 11.7 Å². The topological polar surface area (TPSA) is 81.0 Å². The van der Waals surface area contributed by atoms with Crippen molar-refractivity contribution in [3.63, 3.8) is 0 Å². The van der Waals surface area contributed by atoms with Gasteiger partial charge in [0, 0.05) is 11.8 Å². The molecule has 0 amide bonds. The number of benzene rings is 2. The largest absolute Gasteiger partial charge is 0.464 e. The highest BCUT2D eigenvalue weighted by Crippen LogP contribution is 2.31. The van der Waals surface area contributed by atoms with Gasteiger partial charge < -0.3 is 15.0 Å². The third-order valence-electron chi connectivity index (χ3n) is 4.04. The number of esters is 1. The number of aromatic nitrogens is 1. The van der Waals surface area contributed by atoms with Crippen LogP contribution in [0.5, 0.6) is 0 Å². The molecule has 3 rings (SSSR count). The molecule has 5 heteroatoms. The molecule has 1 heterocycles. The first-order valence-corrected chi connectivity index (χ1v) is 7.72. The van der Waals surface area contributed by atoms with E-state index in [2.05, 4.69) is 6.07 Å². The predicted octanol–water partition coefficient (Wildman–Crippen LogP) is 3.69. The summed E-state index contributed by atoms with van der Waals surface area (Å²) < 4.78 is 6.48. The van der Waals surface area contributed by atoms with Crippen LogP contribution < -0.4 is 5.73 Å². The minimum absolute atomic E-state index is 0.119. The molecule has 25 heavy (non-hydrogen) atoms. The number of hydrogen-bond donors (Lipinski definition) is 1. The maximum atomic E-state index is 12.2. The van der Waals surface area contributed by atoms with Gasteiger partial charge in [-0.15, -0.1) is 0 Å². The smallest absolute Gasteiger partial charge is 0.357 e. The predicted molar refractivity (Wildman–Crippen MR) is 96.4 cm³/mol. The molecule has 1 aromatic heterocycles. The number of nitrogens with two attached hydrogens (primary N) is 1. The van der Waals surface area contributed by atoms with Crippen LogP contribution in [0.15, 0.2) is 54.7 Å². The molecule has 2 aromatic carbocycles. The third-order valence-corrected chi connectivity index (χ3v) is 4.04. The van der Waals surface area contributed by atoms with Gasteiger partial charge in [0.25, 0.3) is 0 Å². The van der Waals surface area contributed by atoms with Crippen molar-refractivity contribution in [3.05, 3.63) is 71.5 Å². The van der Waals surface area contributed by atoms with E-state index < -0.39 is 5.97 Å². The molecular formula is C20H17N3O2. The Labute approximate surface area is 145 Å². The highest BCUT2D eigenvalue weighted by atomic mass is 16.5. The quantitative estimate of drug-likeness (QED) is 0.742. The Morgan fingerprint density at radius 3 is 2.64 bits per heavy atom. The number of hydrogen-bond acceptors (Lipinski definition) is 4. The number of nitriles is 1. The van der Waals surface area contributed by atoms with Crippen LogP contribution in [-0.4, -0.2) is 17.6 Å². The lowest BCUT2D eigenvalue weighted by atomic mass is 10.0. The minimum atomic E-state index is -0.585. The summed E-state index contributed by atoms with van der Waals surface area (Å²) in [5, 5.41) is 9.28. The lowest BCUT2D eigenvalue weighted by molar-refractivity contribution is 0.0593. The first-order valence-electron chi connectivity index (χ1n) is 7.72. The fourth-order valence-corrected chi connectivity index (χ4v) is 2.85. The number of rotatable bonds is 3. The maximum Gasteiger partial charge on any atom is 0.357 e. The highest BCUT2D eigenvalue weighted by Gasteiger charge is 2.23. The number of carbonyl (C=O) groups is 1. The third kappa shape index (κ3) is 2.86. The summed E-state index contributed by atoms with van der Waals surface area (Å²) in [4.78, 5) is 12.2. The van der Waals surface area contributed by atoms with Gasteiger partial charge in [-0.05, 0) is 18.6 Å². The van der Waals surface area contributed by atoms with E-state index in [-0.39, 0.29) is 16.9 Å². The van der Waals surface area contributed by atoms with Gasteiger partial charge in [-0.2, -0.15) is 5.26 Å². The van der Waals surface area contributed by atoms with Crippen LogP contribution >= 0.6 is 0 Å². The van der Waals surface area contributed by atoms with Crippen LogP contribution in [-0.2, 0) is 4.74 Å². The number of carbonyl (C=O) groups excluding carboxylic acids is 1. The summed E-state index contributed by atoms with van der Waals surface area (Å²) in [5.74, 6) is -0.585. The molecule has 0 aliphatic rings. The zero-order valence-corrected chi connectivity index (χ0v) is 14.0. The van der Waals surface area contributed by atoms with Crippen molar-refractivity contribution < 1.29 is 9.53 Å². The van der Waals surface area contributed by atoms with Gasteiger partial charge in [-0.1, -0.05) is 48.0 Å². The Kier molecular flexibility index (Phi) is 4.27. The molecule has 0 atom stereocenters. The Bertz CT molecular complexity index is 996. The molecule has 0 saturated heterocycles. The molecule has 0 unspecified atom stereocenters. The van der Waals surface area contributed by atoms with E-state index in [1.165, 1.54) is 7.11 Å². The number of ether oxygens (including phenoxy) is 1. The summed E-state index contributed by atoms with van der Waals surface area (Å²) in [6.07, 6.45) is 1.57. The second-order valence-electron chi connectivity index (χ2n) is 5.67. The van der Waals surface area contributed by atoms with Crippen molar-refractivity contribution in [1.29, 1.82) is 5.26 Å². The summed E-state index contributed by atoms with van der Waals surface area (Å²) in [5.41, 5.74) is 10.3. The van der Waals surface area contributed by atoms with E-state index in [0.29, 0.717) is 0 Å². The van der Waals surface area contributed by atoms with Gasteiger partial charge >= 0.3 is 5.97 Å². The first kappa shape index (κ1) is 16.3. The van der Waals surface area contributed by atoms with E-state index in [1.54, 1.807) is 10.8 Å². The molecule has 124 valence electrons. The van der Waals surface area contributed by atoms with Crippen LogP contribution in [0.2, 0.25) is 0 Å². The van der Waals surface area contributed by atoms with Crippen molar-refractivity contribution in [2.75, 3.05) is 12.8 Å². The zero-order chi connectivity index (χ0) is 18.0. The fraction of sp³-hybridized carbons (Fsp3) is 0.100. The van der Waals surface area contributed by atoms with Crippen LogP contribution in [0.4, 0.5) is 5.69 Å². The molecular weight excluding hydrogens is 314 g/mol. The molecule has 3 aromatic rings. The van der Waals surface area contributed by atoms with Crippen molar-refractivity contribution in [1.82, 2.24) is 4.57 Å². The minimum Gasteiger partial charge on any atom is -0.464 e. The van der Waals surface area contributed by atoms with E-state index in [0.717, 1.165) is 22.4 Å². The van der Waals surface area contributed by atoms with Crippen LogP contribution in [0, 0.1) is 18.3 Å². The second-order valence-corrected chi connectivity index (χ2v) is 5.67. The van der Waals surface area contributed by atoms with Crippen molar-refractivity contribution in [2.24, 2.45) is 0 Å². The number of methoxy groups -OCH3 is 1. The molecule has 0 saturated carbocycles. The molecule has 5 nitrogen and oxygen atoms in total. The van der Waals surface area contributed by atoms with Crippen LogP contribution in [0.25, 0.3) is 16.8 Å². The number of nitrogens with zero attached hydrogens (tertiary/aromatic N) is 2. The SMILES string of the molecule is COC(=O)c1c(N)c(C#N)cn1-c1ccccc1-c1cccc(C)c1. The van der Waals surface area contributed by atoms with E-state index in [9.17, 15) is 10.1 Å². The lowest BCUT2D eigenvalue weighted by Crippen LogP contribution is -2.11. The first-order chi connectivity index (χ1) is 12.1. The molecule has 0 bridgehead atoms. The average molecular weight is 331 g/mol. The van der Waals surface area contributed by atoms with Gasteiger partial charge in [0.1, 0.15) is 6.07 Å². The number of aryl methyl sites for hydroxylation is 1. The average Bonchev–Trinajstić information content (AvgIpc) is 2.97. The van der Waals surface area contributed by atoms with Gasteiger partial charge in [0.05, 0.1) is 24.0 Å².